The van der Waals surface area contributed by atoms with Crippen LogP contribution in [0.4, 0.5) is 0 Å². The quantitative estimate of drug-likeness (QED) is 0.905. The number of fused-ring (bicyclic) bond motifs is 1. The molecule has 0 amide bonds. The third kappa shape index (κ3) is 2.85. The topological polar surface area (TPSA) is 37.2 Å². The van der Waals surface area contributed by atoms with Gasteiger partial charge in [0.25, 0.3) is 0 Å². The van der Waals surface area contributed by atoms with E-state index in [4.69, 9.17) is 0 Å². The van der Waals surface area contributed by atoms with Gasteiger partial charge in [-0.25, -0.2) is 0 Å². The molecule has 0 aliphatic heterocycles. The molecule has 114 valence electrons. The minimum absolute atomic E-state index is 0.489. The second-order valence-electron chi connectivity index (χ2n) is 6.54. The average molecular weight is 286 g/mol. The molecular weight excluding hydrogens is 260 g/mol. The van der Waals surface area contributed by atoms with Gasteiger partial charge in [-0.15, -0.1) is 0 Å². The van der Waals surface area contributed by atoms with Crippen LogP contribution in [0.3, 0.4) is 0 Å². The van der Waals surface area contributed by atoms with Gasteiger partial charge in [0.05, 0.1) is 5.60 Å². The maximum Gasteiger partial charge on any atom is 0.0771 e. The molecule has 0 radical (unpaired) electrons. The maximum atomic E-state index is 10.6. The Balaban J connectivity index is 1.71. The molecule has 1 heterocycles. The summed E-state index contributed by atoms with van der Waals surface area (Å²) in [6.07, 6.45) is 5.46. The molecule has 3 nitrogen and oxygen atoms in total. The van der Waals surface area contributed by atoms with Gasteiger partial charge in [0.1, 0.15) is 0 Å². The summed E-state index contributed by atoms with van der Waals surface area (Å²) in [5.41, 5.74) is 3.45. The van der Waals surface area contributed by atoms with Gasteiger partial charge in [-0.1, -0.05) is 37.5 Å². The number of aromatic nitrogens is 1. The van der Waals surface area contributed by atoms with Crippen LogP contribution in [-0.2, 0) is 13.6 Å². The summed E-state index contributed by atoms with van der Waals surface area (Å²) in [6.45, 7) is 3.71. The molecule has 1 aliphatic rings. The Kier molecular flexibility index (Phi) is 4.05. The lowest BCUT2D eigenvalue weighted by molar-refractivity contribution is 0.00457. The van der Waals surface area contributed by atoms with Crippen molar-refractivity contribution in [2.45, 2.75) is 51.2 Å². The first-order valence-corrected chi connectivity index (χ1v) is 8.07. The zero-order valence-corrected chi connectivity index (χ0v) is 13.2. The van der Waals surface area contributed by atoms with E-state index in [1.54, 1.807) is 0 Å². The fraction of sp³-hybridized carbons (Fsp3) is 0.556. The van der Waals surface area contributed by atoms with Crippen LogP contribution in [0.15, 0.2) is 24.3 Å². The van der Waals surface area contributed by atoms with Gasteiger partial charge in [-0.05, 0) is 31.4 Å². The van der Waals surface area contributed by atoms with Gasteiger partial charge in [0.2, 0.25) is 0 Å². The molecule has 1 aliphatic carbocycles. The Morgan fingerprint density at radius 3 is 2.62 bits per heavy atom. The smallest absolute Gasteiger partial charge is 0.0771 e. The molecular formula is C18H26N2O. The SMILES string of the molecule is Cc1c(CNCC2(O)CCCCC2)n(C)c2ccccc12. The fourth-order valence-electron chi connectivity index (χ4n) is 3.69. The van der Waals surface area contributed by atoms with Crippen LogP contribution in [-0.4, -0.2) is 21.8 Å². The lowest BCUT2D eigenvalue weighted by Gasteiger charge is -2.32. The second-order valence-corrected chi connectivity index (χ2v) is 6.54. The van der Waals surface area contributed by atoms with E-state index >= 15 is 0 Å². The highest BCUT2D eigenvalue weighted by molar-refractivity contribution is 5.85. The molecule has 0 atom stereocenters. The van der Waals surface area contributed by atoms with Crippen LogP contribution < -0.4 is 5.32 Å². The van der Waals surface area contributed by atoms with Crippen molar-refractivity contribution in [3.05, 3.63) is 35.5 Å². The average Bonchev–Trinajstić information content (AvgIpc) is 2.73. The summed E-state index contributed by atoms with van der Waals surface area (Å²) >= 11 is 0. The molecule has 1 aromatic carbocycles. The first kappa shape index (κ1) is 14.6. The zero-order valence-electron chi connectivity index (χ0n) is 13.2. The number of rotatable bonds is 4. The molecule has 0 bridgehead atoms. The molecule has 21 heavy (non-hydrogen) atoms. The third-order valence-corrected chi connectivity index (χ3v) is 5.04. The first-order valence-electron chi connectivity index (χ1n) is 8.07. The summed E-state index contributed by atoms with van der Waals surface area (Å²) in [7, 11) is 2.13. The van der Waals surface area contributed by atoms with E-state index in [9.17, 15) is 5.11 Å². The van der Waals surface area contributed by atoms with E-state index in [2.05, 4.69) is 48.1 Å². The van der Waals surface area contributed by atoms with E-state index in [-0.39, 0.29) is 0 Å². The number of nitrogens with one attached hydrogen (secondary N) is 1. The predicted molar refractivity (Wildman–Crippen MR) is 87.4 cm³/mol. The van der Waals surface area contributed by atoms with Crippen molar-refractivity contribution in [3.63, 3.8) is 0 Å². The highest BCUT2D eigenvalue weighted by Crippen LogP contribution is 2.28. The summed E-state index contributed by atoms with van der Waals surface area (Å²) in [4.78, 5) is 0. The van der Waals surface area contributed by atoms with E-state index in [0.29, 0.717) is 6.54 Å². The Labute approximate surface area is 127 Å². The number of aliphatic hydroxyl groups is 1. The van der Waals surface area contributed by atoms with Gasteiger partial charge in [0.15, 0.2) is 0 Å². The molecule has 1 fully saturated rings. The van der Waals surface area contributed by atoms with Gasteiger partial charge >= 0.3 is 0 Å². The van der Waals surface area contributed by atoms with Crippen LogP contribution >= 0.6 is 0 Å². The summed E-state index contributed by atoms with van der Waals surface area (Å²) in [5, 5.41) is 15.4. The minimum Gasteiger partial charge on any atom is -0.389 e. The van der Waals surface area contributed by atoms with Crippen molar-refractivity contribution in [1.82, 2.24) is 9.88 Å². The summed E-state index contributed by atoms with van der Waals surface area (Å²) < 4.78 is 2.27. The van der Waals surface area contributed by atoms with Crippen LogP contribution in [0.2, 0.25) is 0 Å². The summed E-state index contributed by atoms with van der Waals surface area (Å²) in [6, 6.07) is 8.53. The molecule has 3 heteroatoms. The van der Waals surface area contributed by atoms with Crippen molar-refractivity contribution in [1.29, 1.82) is 0 Å². The minimum atomic E-state index is -0.489. The fourth-order valence-corrected chi connectivity index (χ4v) is 3.69. The number of hydrogen-bond acceptors (Lipinski definition) is 2. The summed E-state index contributed by atoms with van der Waals surface area (Å²) in [5.74, 6) is 0. The molecule has 1 aromatic heterocycles. The lowest BCUT2D eigenvalue weighted by atomic mass is 9.85. The van der Waals surface area contributed by atoms with E-state index in [1.165, 1.54) is 28.6 Å². The van der Waals surface area contributed by atoms with Crippen LogP contribution in [0.25, 0.3) is 10.9 Å². The lowest BCUT2D eigenvalue weighted by Crippen LogP contribution is -2.42. The number of hydrogen-bond donors (Lipinski definition) is 2. The number of para-hydroxylation sites is 1. The largest absolute Gasteiger partial charge is 0.389 e. The zero-order chi connectivity index (χ0) is 14.9. The second kappa shape index (κ2) is 5.82. The monoisotopic (exact) mass is 286 g/mol. The molecule has 2 N–H and O–H groups in total. The Bertz CT molecular complexity index is 584. The number of benzene rings is 1. The third-order valence-electron chi connectivity index (χ3n) is 5.04. The molecule has 0 saturated heterocycles. The van der Waals surface area contributed by atoms with E-state index in [0.717, 1.165) is 32.2 Å². The van der Waals surface area contributed by atoms with Gasteiger partial charge < -0.3 is 15.0 Å². The van der Waals surface area contributed by atoms with E-state index in [1.807, 2.05) is 0 Å². The van der Waals surface area contributed by atoms with Crippen LogP contribution in [0, 0.1) is 6.92 Å². The molecule has 0 unspecified atom stereocenters. The van der Waals surface area contributed by atoms with Crippen LogP contribution in [0.5, 0.6) is 0 Å². The molecule has 1 saturated carbocycles. The van der Waals surface area contributed by atoms with E-state index < -0.39 is 5.60 Å². The highest BCUT2D eigenvalue weighted by atomic mass is 16.3. The van der Waals surface area contributed by atoms with Gasteiger partial charge in [0, 0.05) is 36.7 Å². The number of aryl methyl sites for hydroxylation is 2. The normalized spacial score (nSPS) is 18.2. The van der Waals surface area contributed by atoms with Gasteiger partial charge in [-0.3, -0.25) is 0 Å². The van der Waals surface area contributed by atoms with Crippen molar-refractivity contribution >= 4 is 10.9 Å². The van der Waals surface area contributed by atoms with Crippen molar-refractivity contribution < 1.29 is 5.11 Å². The Morgan fingerprint density at radius 1 is 1.19 bits per heavy atom. The first-order chi connectivity index (χ1) is 10.1. The molecule has 3 rings (SSSR count). The van der Waals surface area contributed by atoms with Crippen molar-refractivity contribution in [2.75, 3.05) is 6.54 Å². The Morgan fingerprint density at radius 2 is 1.90 bits per heavy atom. The van der Waals surface area contributed by atoms with Crippen molar-refractivity contribution in [3.8, 4) is 0 Å². The molecule has 0 spiro atoms. The van der Waals surface area contributed by atoms with Crippen molar-refractivity contribution in [2.24, 2.45) is 7.05 Å². The molecule has 2 aromatic rings. The Hall–Kier alpha value is -1.32. The predicted octanol–water partition coefficient (Wildman–Crippen LogP) is 3.27. The maximum absolute atomic E-state index is 10.6. The highest BCUT2D eigenvalue weighted by Gasteiger charge is 2.28. The van der Waals surface area contributed by atoms with Gasteiger partial charge in [-0.2, -0.15) is 0 Å². The number of nitrogens with zero attached hydrogens (tertiary/aromatic N) is 1. The van der Waals surface area contributed by atoms with Crippen LogP contribution in [0.1, 0.15) is 43.4 Å². The standard InChI is InChI=1S/C18H26N2O/c1-14-15-8-4-5-9-16(15)20(2)17(14)12-19-13-18(21)10-6-3-7-11-18/h4-5,8-9,19,21H,3,6-7,10-13H2,1-2H3.